The molecule has 0 aromatic heterocycles. The van der Waals surface area contributed by atoms with Crippen molar-refractivity contribution in [2.75, 3.05) is 27.2 Å². The summed E-state index contributed by atoms with van der Waals surface area (Å²) in [6.45, 7) is 3.55. The Morgan fingerprint density at radius 3 is 2.42 bits per heavy atom. The highest BCUT2D eigenvalue weighted by atomic mass is 16.4. The summed E-state index contributed by atoms with van der Waals surface area (Å²) in [5.74, 6) is -0.726. The van der Waals surface area contributed by atoms with E-state index in [9.17, 15) is 4.79 Å². The maximum Gasteiger partial charge on any atom is 0.322 e. The Kier molecular flexibility index (Phi) is 2.69. The Balaban J connectivity index is 2.61. The third kappa shape index (κ3) is 1.76. The minimum absolute atomic E-state index is 0.341. The van der Waals surface area contributed by atoms with Crippen LogP contribution in [0.3, 0.4) is 0 Å². The molecule has 0 radical (unpaired) electrons. The molecule has 0 aromatic rings. The van der Waals surface area contributed by atoms with E-state index in [1.807, 2.05) is 19.0 Å². The van der Waals surface area contributed by atoms with Crippen molar-refractivity contribution in [2.45, 2.75) is 19.0 Å². The van der Waals surface area contributed by atoms with Crippen LogP contribution in [0.5, 0.6) is 0 Å². The lowest BCUT2D eigenvalue weighted by Crippen LogP contribution is -2.57. The molecule has 0 spiro atoms. The molecule has 1 aliphatic rings. The molecule has 1 aliphatic heterocycles. The highest BCUT2D eigenvalue weighted by molar-refractivity contribution is 5.73. The molecule has 0 aliphatic carbocycles. The molecule has 0 aromatic carbocycles. The SMILES string of the molecule is CC1CN(C)C(C(=O)O)CN1C. The van der Waals surface area contributed by atoms with E-state index >= 15 is 0 Å². The molecule has 12 heavy (non-hydrogen) atoms. The highest BCUT2D eigenvalue weighted by Gasteiger charge is 2.31. The summed E-state index contributed by atoms with van der Waals surface area (Å²) in [5.41, 5.74) is 0. The lowest BCUT2D eigenvalue weighted by Gasteiger charge is -2.39. The van der Waals surface area contributed by atoms with Crippen LogP contribution < -0.4 is 0 Å². The summed E-state index contributed by atoms with van der Waals surface area (Å²) in [7, 11) is 3.83. The van der Waals surface area contributed by atoms with Crippen molar-refractivity contribution < 1.29 is 9.90 Å². The second-order valence-corrected chi connectivity index (χ2v) is 3.58. The number of nitrogens with zero attached hydrogens (tertiary/aromatic N) is 2. The topological polar surface area (TPSA) is 43.8 Å². The normalized spacial score (nSPS) is 33.6. The maximum atomic E-state index is 10.7. The molecule has 70 valence electrons. The third-order valence-electron chi connectivity index (χ3n) is 2.58. The van der Waals surface area contributed by atoms with E-state index in [0.29, 0.717) is 12.6 Å². The Morgan fingerprint density at radius 2 is 1.92 bits per heavy atom. The van der Waals surface area contributed by atoms with E-state index < -0.39 is 5.97 Å². The zero-order valence-electron chi connectivity index (χ0n) is 7.82. The van der Waals surface area contributed by atoms with Crippen LogP contribution in [0.1, 0.15) is 6.92 Å². The molecule has 1 fully saturated rings. The maximum absolute atomic E-state index is 10.7. The van der Waals surface area contributed by atoms with Crippen LogP contribution >= 0.6 is 0 Å². The monoisotopic (exact) mass is 172 g/mol. The Morgan fingerprint density at radius 1 is 1.33 bits per heavy atom. The number of carboxylic acids is 1. The summed E-state index contributed by atoms with van der Waals surface area (Å²) in [5, 5.41) is 8.84. The van der Waals surface area contributed by atoms with Gasteiger partial charge in [-0.2, -0.15) is 0 Å². The summed E-state index contributed by atoms with van der Waals surface area (Å²) in [6, 6.07) is 0.108. The van der Waals surface area contributed by atoms with Crippen molar-refractivity contribution in [2.24, 2.45) is 0 Å². The first-order valence-electron chi connectivity index (χ1n) is 4.15. The lowest BCUT2D eigenvalue weighted by atomic mass is 10.1. The zero-order chi connectivity index (χ0) is 9.30. The molecule has 0 saturated carbocycles. The van der Waals surface area contributed by atoms with Crippen molar-refractivity contribution in [3.05, 3.63) is 0 Å². The Labute approximate surface area is 72.8 Å². The number of likely N-dealkylation sites (N-methyl/N-ethyl adjacent to an activating group) is 2. The first kappa shape index (κ1) is 9.48. The van der Waals surface area contributed by atoms with Gasteiger partial charge in [0, 0.05) is 19.1 Å². The molecule has 0 bridgehead atoms. The van der Waals surface area contributed by atoms with Gasteiger partial charge < -0.3 is 10.0 Å². The molecule has 4 nitrogen and oxygen atoms in total. The number of rotatable bonds is 1. The van der Waals surface area contributed by atoms with Gasteiger partial charge in [0.2, 0.25) is 0 Å². The van der Waals surface area contributed by atoms with E-state index in [4.69, 9.17) is 5.11 Å². The van der Waals surface area contributed by atoms with Gasteiger partial charge >= 0.3 is 5.97 Å². The average Bonchev–Trinajstić information content (AvgIpc) is 1.96. The minimum Gasteiger partial charge on any atom is -0.480 e. The minimum atomic E-state index is -0.726. The first-order chi connectivity index (χ1) is 5.52. The third-order valence-corrected chi connectivity index (χ3v) is 2.58. The van der Waals surface area contributed by atoms with Crippen molar-refractivity contribution in [1.82, 2.24) is 9.80 Å². The molecule has 1 N–H and O–H groups in total. The lowest BCUT2D eigenvalue weighted by molar-refractivity contribution is -0.145. The Bertz CT molecular complexity index is 184. The van der Waals surface area contributed by atoms with Crippen LogP contribution in [0.25, 0.3) is 0 Å². The van der Waals surface area contributed by atoms with Crippen LogP contribution in [0.2, 0.25) is 0 Å². The highest BCUT2D eigenvalue weighted by Crippen LogP contribution is 2.11. The average molecular weight is 172 g/mol. The Hall–Kier alpha value is -0.610. The fraction of sp³-hybridized carbons (Fsp3) is 0.875. The predicted octanol–water partition coefficient (Wildman–Crippen LogP) is -0.295. The van der Waals surface area contributed by atoms with Crippen LogP contribution in [0, 0.1) is 0 Å². The number of carboxylic acid groups (broad SMARTS) is 1. The van der Waals surface area contributed by atoms with Gasteiger partial charge in [0.1, 0.15) is 6.04 Å². The molecule has 2 atom stereocenters. The fourth-order valence-electron chi connectivity index (χ4n) is 1.54. The molecule has 4 heteroatoms. The van der Waals surface area contributed by atoms with Crippen molar-refractivity contribution in [1.29, 1.82) is 0 Å². The van der Waals surface area contributed by atoms with E-state index in [2.05, 4.69) is 11.8 Å². The van der Waals surface area contributed by atoms with Gasteiger partial charge in [0.15, 0.2) is 0 Å². The van der Waals surface area contributed by atoms with Gasteiger partial charge in [-0.15, -0.1) is 0 Å². The van der Waals surface area contributed by atoms with Gasteiger partial charge in [-0.05, 0) is 21.0 Å². The van der Waals surface area contributed by atoms with Crippen molar-refractivity contribution >= 4 is 5.97 Å². The van der Waals surface area contributed by atoms with E-state index in [-0.39, 0.29) is 6.04 Å². The van der Waals surface area contributed by atoms with Crippen LogP contribution in [0.15, 0.2) is 0 Å². The quantitative estimate of drug-likeness (QED) is 0.590. The molecular formula is C8H16N2O2. The van der Waals surface area contributed by atoms with Crippen LogP contribution in [-0.4, -0.2) is 60.1 Å². The number of carbonyl (C=O) groups is 1. The zero-order valence-corrected chi connectivity index (χ0v) is 7.82. The summed E-state index contributed by atoms with van der Waals surface area (Å²) in [6.07, 6.45) is 0. The number of hydrogen-bond donors (Lipinski definition) is 1. The van der Waals surface area contributed by atoms with Crippen LogP contribution in [0.4, 0.5) is 0 Å². The summed E-state index contributed by atoms with van der Waals surface area (Å²) >= 11 is 0. The molecule has 1 heterocycles. The van der Waals surface area contributed by atoms with Crippen molar-refractivity contribution in [3.8, 4) is 0 Å². The molecule has 0 amide bonds. The van der Waals surface area contributed by atoms with Gasteiger partial charge in [-0.1, -0.05) is 0 Å². The van der Waals surface area contributed by atoms with E-state index in [1.165, 1.54) is 0 Å². The summed E-state index contributed by atoms with van der Waals surface area (Å²) in [4.78, 5) is 14.7. The van der Waals surface area contributed by atoms with Gasteiger partial charge in [0.05, 0.1) is 0 Å². The second-order valence-electron chi connectivity index (χ2n) is 3.58. The van der Waals surface area contributed by atoms with Gasteiger partial charge in [-0.25, -0.2) is 0 Å². The van der Waals surface area contributed by atoms with Crippen LogP contribution in [-0.2, 0) is 4.79 Å². The standard InChI is InChI=1S/C8H16N2O2/c1-6-4-10(3)7(8(11)12)5-9(6)2/h6-7H,4-5H2,1-3H3,(H,11,12). The molecule has 1 rings (SSSR count). The van der Waals surface area contributed by atoms with E-state index in [1.54, 1.807) is 0 Å². The van der Waals surface area contributed by atoms with Gasteiger partial charge in [0.25, 0.3) is 0 Å². The number of aliphatic carboxylic acids is 1. The predicted molar refractivity (Wildman–Crippen MR) is 46.1 cm³/mol. The number of piperazine rings is 1. The summed E-state index contributed by atoms with van der Waals surface area (Å²) < 4.78 is 0. The molecule has 1 saturated heterocycles. The largest absolute Gasteiger partial charge is 0.480 e. The first-order valence-corrected chi connectivity index (χ1v) is 4.15. The van der Waals surface area contributed by atoms with E-state index in [0.717, 1.165) is 6.54 Å². The number of hydrogen-bond acceptors (Lipinski definition) is 3. The van der Waals surface area contributed by atoms with Gasteiger partial charge in [-0.3, -0.25) is 9.69 Å². The molecule has 2 unspecified atom stereocenters. The molecular weight excluding hydrogens is 156 g/mol. The smallest absolute Gasteiger partial charge is 0.322 e. The fourth-order valence-corrected chi connectivity index (χ4v) is 1.54. The van der Waals surface area contributed by atoms with Crippen molar-refractivity contribution in [3.63, 3.8) is 0 Å². The second kappa shape index (κ2) is 3.41.